The summed E-state index contributed by atoms with van der Waals surface area (Å²) in [6.07, 6.45) is 2.72. The van der Waals surface area contributed by atoms with Gasteiger partial charge in [0.25, 0.3) is 0 Å². The summed E-state index contributed by atoms with van der Waals surface area (Å²) in [5, 5.41) is 4.21. The SMILES string of the molecule is CCOC1CC(NCc2ccc3nc(N)sc3c2)C1. The zero-order valence-electron chi connectivity index (χ0n) is 11.1. The van der Waals surface area contributed by atoms with E-state index in [0.29, 0.717) is 17.3 Å². The van der Waals surface area contributed by atoms with Crippen LogP contribution in [0, 0.1) is 0 Å². The highest BCUT2D eigenvalue weighted by molar-refractivity contribution is 7.22. The third kappa shape index (κ3) is 2.88. The van der Waals surface area contributed by atoms with Gasteiger partial charge in [0.1, 0.15) is 0 Å². The lowest BCUT2D eigenvalue weighted by Crippen LogP contribution is -2.45. The number of ether oxygens (including phenoxy) is 1. The summed E-state index contributed by atoms with van der Waals surface area (Å²) < 4.78 is 6.72. The van der Waals surface area contributed by atoms with Gasteiger partial charge in [-0.25, -0.2) is 4.98 Å². The molecule has 1 saturated carbocycles. The summed E-state index contributed by atoms with van der Waals surface area (Å²) in [5.41, 5.74) is 8.00. The van der Waals surface area contributed by atoms with Crippen LogP contribution in [-0.2, 0) is 11.3 Å². The van der Waals surface area contributed by atoms with Gasteiger partial charge in [0, 0.05) is 19.2 Å². The number of fused-ring (bicyclic) bond motifs is 1. The van der Waals surface area contributed by atoms with E-state index in [0.717, 1.165) is 36.2 Å². The molecule has 5 heteroatoms. The van der Waals surface area contributed by atoms with Gasteiger partial charge in [0.05, 0.1) is 16.3 Å². The Labute approximate surface area is 117 Å². The van der Waals surface area contributed by atoms with Gasteiger partial charge >= 0.3 is 0 Å². The van der Waals surface area contributed by atoms with Crippen molar-refractivity contribution in [2.24, 2.45) is 0 Å². The first kappa shape index (κ1) is 12.8. The minimum absolute atomic E-state index is 0.464. The second kappa shape index (κ2) is 5.45. The number of nitrogens with two attached hydrogens (primary N) is 1. The van der Waals surface area contributed by atoms with Crippen molar-refractivity contribution in [1.29, 1.82) is 0 Å². The number of thiazole rings is 1. The number of benzene rings is 1. The number of nitrogens with zero attached hydrogens (tertiary/aromatic N) is 1. The van der Waals surface area contributed by atoms with E-state index < -0.39 is 0 Å². The Balaban J connectivity index is 1.54. The fraction of sp³-hybridized carbons (Fsp3) is 0.500. The van der Waals surface area contributed by atoms with Gasteiger partial charge in [-0.1, -0.05) is 17.4 Å². The average Bonchev–Trinajstić information content (AvgIpc) is 2.71. The molecule has 3 rings (SSSR count). The van der Waals surface area contributed by atoms with E-state index in [1.807, 2.05) is 6.07 Å². The van der Waals surface area contributed by atoms with Crippen LogP contribution in [0.2, 0.25) is 0 Å². The molecule has 1 heterocycles. The van der Waals surface area contributed by atoms with E-state index >= 15 is 0 Å². The Kier molecular flexibility index (Phi) is 3.68. The maximum atomic E-state index is 5.72. The Morgan fingerprint density at radius 3 is 3.11 bits per heavy atom. The zero-order chi connectivity index (χ0) is 13.2. The maximum Gasteiger partial charge on any atom is 0.181 e. The molecule has 0 amide bonds. The van der Waals surface area contributed by atoms with Crippen LogP contribution in [0.25, 0.3) is 10.2 Å². The van der Waals surface area contributed by atoms with Crippen LogP contribution in [0.5, 0.6) is 0 Å². The molecule has 0 spiro atoms. The molecular formula is C14H19N3OS. The average molecular weight is 277 g/mol. The molecule has 0 saturated heterocycles. The van der Waals surface area contributed by atoms with E-state index in [1.54, 1.807) is 11.3 Å². The van der Waals surface area contributed by atoms with Gasteiger partial charge in [0.15, 0.2) is 5.13 Å². The molecule has 1 aromatic carbocycles. The van der Waals surface area contributed by atoms with E-state index in [1.165, 1.54) is 5.56 Å². The molecule has 0 atom stereocenters. The smallest absolute Gasteiger partial charge is 0.181 e. The maximum absolute atomic E-state index is 5.72. The molecule has 1 aliphatic carbocycles. The van der Waals surface area contributed by atoms with Crippen LogP contribution in [0.4, 0.5) is 5.13 Å². The van der Waals surface area contributed by atoms with E-state index in [-0.39, 0.29) is 0 Å². The Bertz CT molecular complexity index is 563. The molecule has 0 bridgehead atoms. The van der Waals surface area contributed by atoms with Gasteiger partial charge in [-0.2, -0.15) is 0 Å². The summed E-state index contributed by atoms with van der Waals surface area (Å²) in [4.78, 5) is 4.27. The number of aromatic nitrogens is 1. The van der Waals surface area contributed by atoms with E-state index in [4.69, 9.17) is 10.5 Å². The summed E-state index contributed by atoms with van der Waals surface area (Å²) in [6.45, 7) is 3.77. The van der Waals surface area contributed by atoms with Crippen LogP contribution < -0.4 is 11.1 Å². The largest absolute Gasteiger partial charge is 0.378 e. The fourth-order valence-corrected chi connectivity index (χ4v) is 3.26. The molecule has 0 unspecified atom stereocenters. The van der Waals surface area contributed by atoms with Crippen molar-refractivity contribution in [2.75, 3.05) is 12.3 Å². The number of nitrogens with one attached hydrogen (secondary N) is 1. The second-order valence-corrected chi connectivity index (χ2v) is 6.04. The van der Waals surface area contributed by atoms with Crippen LogP contribution in [0.15, 0.2) is 18.2 Å². The molecule has 0 radical (unpaired) electrons. The number of nitrogen functional groups attached to an aromatic ring is 1. The summed E-state index contributed by atoms with van der Waals surface area (Å²) >= 11 is 1.55. The molecule has 4 nitrogen and oxygen atoms in total. The quantitative estimate of drug-likeness (QED) is 0.881. The first-order valence-electron chi connectivity index (χ1n) is 6.74. The van der Waals surface area contributed by atoms with Crippen molar-refractivity contribution in [2.45, 2.75) is 38.5 Å². The zero-order valence-corrected chi connectivity index (χ0v) is 11.9. The molecule has 1 aromatic heterocycles. The Morgan fingerprint density at radius 1 is 1.47 bits per heavy atom. The van der Waals surface area contributed by atoms with E-state index in [2.05, 4.69) is 29.4 Å². The predicted octanol–water partition coefficient (Wildman–Crippen LogP) is 2.54. The van der Waals surface area contributed by atoms with Crippen molar-refractivity contribution in [1.82, 2.24) is 10.3 Å². The third-order valence-electron chi connectivity index (χ3n) is 3.56. The van der Waals surface area contributed by atoms with Crippen molar-refractivity contribution in [3.63, 3.8) is 0 Å². The second-order valence-electron chi connectivity index (χ2n) is 4.98. The minimum atomic E-state index is 0.464. The third-order valence-corrected chi connectivity index (χ3v) is 4.41. The Morgan fingerprint density at radius 2 is 2.32 bits per heavy atom. The first-order chi connectivity index (χ1) is 9.24. The van der Waals surface area contributed by atoms with E-state index in [9.17, 15) is 0 Å². The van der Waals surface area contributed by atoms with Crippen molar-refractivity contribution in [3.8, 4) is 0 Å². The van der Waals surface area contributed by atoms with Crippen molar-refractivity contribution >= 4 is 26.7 Å². The van der Waals surface area contributed by atoms with Crippen LogP contribution >= 0.6 is 11.3 Å². The highest BCUT2D eigenvalue weighted by Crippen LogP contribution is 2.26. The van der Waals surface area contributed by atoms with Gasteiger partial charge in [0.2, 0.25) is 0 Å². The molecule has 2 aromatic rings. The summed E-state index contributed by atoms with van der Waals surface area (Å²) in [7, 11) is 0. The standard InChI is InChI=1S/C14H19N3OS/c1-2-18-11-6-10(7-11)16-8-9-3-4-12-13(5-9)19-14(15)17-12/h3-5,10-11,16H,2,6-8H2,1H3,(H2,15,17). The normalized spacial score (nSPS) is 22.6. The fourth-order valence-electron chi connectivity index (χ4n) is 2.46. The minimum Gasteiger partial charge on any atom is -0.378 e. The summed E-state index contributed by atoms with van der Waals surface area (Å²) in [6, 6.07) is 6.93. The topological polar surface area (TPSA) is 60.2 Å². The molecule has 19 heavy (non-hydrogen) atoms. The van der Waals surface area contributed by atoms with Crippen LogP contribution in [0.3, 0.4) is 0 Å². The molecule has 102 valence electrons. The van der Waals surface area contributed by atoms with Crippen LogP contribution in [0.1, 0.15) is 25.3 Å². The van der Waals surface area contributed by atoms with Gasteiger partial charge in [-0.15, -0.1) is 0 Å². The van der Waals surface area contributed by atoms with Gasteiger partial charge in [-0.05, 0) is 37.5 Å². The Hall–Kier alpha value is -1.17. The monoisotopic (exact) mass is 277 g/mol. The number of hydrogen-bond acceptors (Lipinski definition) is 5. The number of hydrogen-bond donors (Lipinski definition) is 2. The molecular weight excluding hydrogens is 258 g/mol. The first-order valence-corrected chi connectivity index (χ1v) is 7.56. The highest BCUT2D eigenvalue weighted by atomic mass is 32.1. The number of anilines is 1. The van der Waals surface area contributed by atoms with Crippen molar-refractivity contribution in [3.05, 3.63) is 23.8 Å². The molecule has 0 aliphatic heterocycles. The lowest BCUT2D eigenvalue weighted by molar-refractivity contribution is -0.0102. The highest BCUT2D eigenvalue weighted by Gasteiger charge is 2.28. The molecule has 1 fully saturated rings. The lowest BCUT2D eigenvalue weighted by atomic mass is 9.89. The lowest BCUT2D eigenvalue weighted by Gasteiger charge is -2.35. The summed E-state index contributed by atoms with van der Waals surface area (Å²) in [5.74, 6) is 0. The molecule has 3 N–H and O–H groups in total. The van der Waals surface area contributed by atoms with Gasteiger partial charge in [-0.3, -0.25) is 0 Å². The molecule has 1 aliphatic rings. The van der Waals surface area contributed by atoms with Crippen molar-refractivity contribution < 1.29 is 4.74 Å². The number of rotatable bonds is 5. The predicted molar refractivity (Wildman–Crippen MR) is 79.3 cm³/mol. The van der Waals surface area contributed by atoms with Gasteiger partial charge < -0.3 is 15.8 Å². The van der Waals surface area contributed by atoms with Crippen LogP contribution in [-0.4, -0.2) is 23.7 Å².